The monoisotopic (exact) mass is 265 g/mol. The third kappa shape index (κ3) is 2.51. The van der Waals surface area contributed by atoms with Gasteiger partial charge >= 0.3 is 11.9 Å². The summed E-state index contributed by atoms with van der Waals surface area (Å²) >= 11 is 1.83. The van der Waals surface area contributed by atoms with Gasteiger partial charge in [0.25, 0.3) is 0 Å². The lowest BCUT2D eigenvalue weighted by atomic mass is 10.1. The molecule has 1 aliphatic rings. The number of anilines is 1. The minimum absolute atomic E-state index is 0.652. The van der Waals surface area contributed by atoms with Crippen molar-refractivity contribution >= 4 is 29.3 Å². The van der Waals surface area contributed by atoms with E-state index in [2.05, 4.69) is 4.74 Å². The largest absolute Gasteiger partial charge is 0.462 e. The van der Waals surface area contributed by atoms with E-state index >= 15 is 0 Å². The molecule has 0 aromatic heterocycles. The van der Waals surface area contributed by atoms with Crippen LogP contribution in [0.3, 0.4) is 0 Å². The third-order valence-electron chi connectivity index (χ3n) is 2.94. The Balaban J connectivity index is 2.23. The topological polar surface area (TPSA) is 46.6 Å². The fourth-order valence-corrected chi connectivity index (χ4v) is 2.92. The quantitative estimate of drug-likeness (QED) is 0.574. The Morgan fingerprint density at radius 2 is 2.17 bits per heavy atom. The molecule has 0 bridgehead atoms. The third-order valence-corrected chi connectivity index (χ3v) is 4.15. The Kier molecular flexibility index (Phi) is 3.91. The van der Waals surface area contributed by atoms with Crippen molar-refractivity contribution in [1.29, 1.82) is 0 Å². The number of rotatable bonds is 1. The molecule has 96 valence electrons. The number of likely N-dealkylation sites (N-methyl/N-ethyl adjacent to an activating group) is 1. The molecule has 1 aliphatic heterocycles. The molecular formula is C13H15NO3S. The van der Waals surface area contributed by atoms with Gasteiger partial charge in [0.2, 0.25) is 0 Å². The van der Waals surface area contributed by atoms with Gasteiger partial charge < -0.3 is 9.64 Å². The minimum atomic E-state index is -0.843. The lowest BCUT2D eigenvalue weighted by Crippen LogP contribution is -2.34. The summed E-state index contributed by atoms with van der Waals surface area (Å²) in [5, 5.41) is 0. The van der Waals surface area contributed by atoms with E-state index in [9.17, 15) is 9.59 Å². The van der Waals surface area contributed by atoms with Crippen LogP contribution in [0.2, 0.25) is 0 Å². The van der Waals surface area contributed by atoms with Gasteiger partial charge in [-0.05, 0) is 42.4 Å². The number of carbonyl (C=O) groups excluding carboxylic acids is 2. The van der Waals surface area contributed by atoms with Crippen LogP contribution in [0, 0.1) is 0 Å². The molecule has 4 nitrogen and oxygen atoms in total. The van der Waals surface area contributed by atoms with E-state index in [0.29, 0.717) is 0 Å². The van der Waals surface area contributed by atoms with Crippen LogP contribution in [0.1, 0.15) is 12.0 Å². The molecule has 5 heteroatoms. The van der Waals surface area contributed by atoms with Crippen molar-refractivity contribution in [3.63, 3.8) is 0 Å². The Hall–Kier alpha value is -1.49. The van der Waals surface area contributed by atoms with Crippen LogP contribution >= 0.6 is 11.8 Å². The Bertz CT molecular complexity index is 487. The van der Waals surface area contributed by atoms with Gasteiger partial charge in [0, 0.05) is 17.6 Å². The van der Waals surface area contributed by atoms with E-state index in [1.54, 1.807) is 7.05 Å². The maximum Gasteiger partial charge on any atom is 0.397 e. The molecule has 1 aromatic rings. The van der Waals surface area contributed by atoms with Gasteiger partial charge in [0.1, 0.15) is 0 Å². The number of carbonyl (C=O) groups is 2. The summed E-state index contributed by atoms with van der Waals surface area (Å²) in [5.74, 6) is -0.353. The molecule has 0 N–H and O–H groups in total. The number of esters is 1. The van der Waals surface area contributed by atoms with E-state index in [1.165, 1.54) is 22.5 Å². The summed E-state index contributed by atoms with van der Waals surface area (Å²) in [5.41, 5.74) is 1.97. The summed E-state index contributed by atoms with van der Waals surface area (Å²) in [7, 11) is 2.79. The van der Waals surface area contributed by atoms with E-state index in [4.69, 9.17) is 0 Å². The van der Waals surface area contributed by atoms with Crippen molar-refractivity contribution in [3.05, 3.63) is 23.8 Å². The number of amides is 1. The van der Waals surface area contributed by atoms with Crippen molar-refractivity contribution in [2.24, 2.45) is 0 Å². The van der Waals surface area contributed by atoms with E-state index in [-0.39, 0.29) is 0 Å². The van der Waals surface area contributed by atoms with Crippen LogP contribution in [0.15, 0.2) is 23.1 Å². The van der Waals surface area contributed by atoms with Crippen LogP contribution in [0.5, 0.6) is 0 Å². The van der Waals surface area contributed by atoms with Gasteiger partial charge in [0.15, 0.2) is 0 Å². The summed E-state index contributed by atoms with van der Waals surface area (Å²) in [4.78, 5) is 25.5. The van der Waals surface area contributed by atoms with Gasteiger partial charge in [-0.3, -0.25) is 4.79 Å². The number of nitrogens with zero attached hydrogens (tertiary/aromatic N) is 1. The number of hydrogen-bond donors (Lipinski definition) is 0. The first-order valence-electron chi connectivity index (χ1n) is 5.75. The van der Waals surface area contributed by atoms with E-state index in [1.807, 2.05) is 30.0 Å². The molecule has 2 rings (SSSR count). The number of benzene rings is 1. The van der Waals surface area contributed by atoms with Crippen LogP contribution in [-0.4, -0.2) is 31.8 Å². The second-order valence-electron chi connectivity index (χ2n) is 4.10. The zero-order valence-corrected chi connectivity index (χ0v) is 11.3. The predicted molar refractivity (Wildman–Crippen MR) is 70.9 cm³/mol. The fraction of sp³-hybridized carbons (Fsp3) is 0.385. The summed E-state index contributed by atoms with van der Waals surface area (Å²) in [6.45, 7) is 0. The zero-order valence-electron chi connectivity index (χ0n) is 10.4. The molecule has 0 spiro atoms. The highest BCUT2D eigenvalue weighted by Crippen LogP contribution is 2.32. The zero-order chi connectivity index (χ0) is 13.1. The van der Waals surface area contributed by atoms with Gasteiger partial charge in [-0.2, -0.15) is 0 Å². The molecule has 0 unspecified atom stereocenters. The summed E-state index contributed by atoms with van der Waals surface area (Å²) in [6.07, 6.45) is 2.17. The highest BCUT2D eigenvalue weighted by Gasteiger charge is 2.21. The number of ether oxygens (including phenoxy) is 1. The number of methoxy groups -OCH3 is 1. The van der Waals surface area contributed by atoms with Gasteiger partial charge in [-0.1, -0.05) is 0 Å². The Morgan fingerprint density at radius 1 is 1.39 bits per heavy atom. The molecule has 0 radical (unpaired) electrons. The lowest BCUT2D eigenvalue weighted by molar-refractivity contribution is -0.151. The van der Waals surface area contributed by atoms with Crippen LogP contribution in [-0.2, 0) is 20.7 Å². The maximum absolute atomic E-state index is 11.7. The van der Waals surface area contributed by atoms with Crippen LogP contribution < -0.4 is 4.90 Å². The van der Waals surface area contributed by atoms with Crippen LogP contribution in [0.4, 0.5) is 5.69 Å². The first-order chi connectivity index (χ1) is 8.63. The molecule has 1 aromatic carbocycles. The molecule has 1 heterocycles. The van der Waals surface area contributed by atoms with Crippen molar-refractivity contribution in [2.45, 2.75) is 17.7 Å². The minimum Gasteiger partial charge on any atom is -0.462 e. The molecule has 18 heavy (non-hydrogen) atoms. The smallest absolute Gasteiger partial charge is 0.397 e. The Morgan fingerprint density at radius 3 is 2.89 bits per heavy atom. The molecule has 0 fully saturated rings. The molecular weight excluding hydrogens is 250 g/mol. The first-order valence-corrected chi connectivity index (χ1v) is 6.74. The number of aryl methyl sites for hydroxylation is 1. The van der Waals surface area contributed by atoms with Gasteiger partial charge in [-0.25, -0.2) is 4.79 Å². The predicted octanol–water partition coefficient (Wildman–Crippen LogP) is 1.86. The summed E-state index contributed by atoms with van der Waals surface area (Å²) in [6, 6.07) is 5.84. The first kappa shape index (κ1) is 13.0. The second-order valence-corrected chi connectivity index (χ2v) is 5.24. The second kappa shape index (κ2) is 5.44. The SMILES string of the molecule is COC(=O)C(=O)N(C)c1ccc2c(c1)CCCS2. The number of hydrogen-bond acceptors (Lipinski definition) is 4. The standard InChI is InChI=1S/C13H15NO3S/c1-14(12(15)13(16)17-2)10-5-6-11-9(8-10)4-3-7-18-11/h5-6,8H,3-4,7H2,1-2H3. The molecule has 0 atom stereocenters. The average molecular weight is 265 g/mol. The van der Waals surface area contributed by atoms with Crippen molar-refractivity contribution in [2.75, 3.05) is 24.8 Å². The van der Waals surface area contributed by atoms with Crippen molar-refractivity contribution in [3.8, 4) is 0 Å². The maximum atomic E-state index is 11.7. The van der Waals surface area contributed by atoms with E-state index < -0.39 is 11.9 Å². The van der Waals surface area contributed by atoms with Crippen molar-refractivity contribution in [1.82, 2.24) is 0 Å². The van der Waals surface area contributed by atoms with E-state index in [0.717, 1.165) is 24.3 Å². The molecule has 0 aliphatic carbocycles. The highest BCUT2D eigenvalue weighted by atomic mass is 32.2. The average Bonchev–Trinajstić information content (AvgIpc) is 2.44. The lowest BCUT2D eigenvalue weighted by Gasteiger charge is -2.20. The normalized spacial score (nSPS) is 13.7. The van der Waals surface area contributed by atoms with Crippen molar-refractivity contribution < 1.29 is 14.3 Å². The summed E-state index contributed by atoms with van der Waals surface area (Å²) < 4.78 is 4.43. The highest BCUT2D eigenvalue weighted by molar-refractivity contribution is 7.99. The molecule has 0 saturated carbocycles. The number of fused-ring (bicyclic) bond motifs is 1. The molecule has 1 amide bonds. The van der Waals surface area contributed by atoms with Crippen LogP contribution in [0.25, 0.3) is 0 Å². The fourth-order valence-electron chi connectivity index (χ4n) is 1.90. The molecule has 0 saturated heterocycles. The Labute approximate surface area is 110 Å². The number of thioether (sulfide) groups is 1. The van der Waals surface area contributed by atoms with Gasteiger partial charge in [0.05, 0.1) is 7.11 Å². The van der Waals surface area contributed by atoms with Gasteiger partial charge in [-0.15, -0.1) is 11.8 Å².